The van der Waals surface area contributed by atoms with E-state index in [0.29, 0.717) is 6.54 Å². The van der Waals surface area contributed by atoms with Gasteiger partial charge in [-0.05, 0) is 38.1 Å². The zero-order valence-corrected chi connectivity index (χ0v) is 13.9. The van der Waals surface area contributed by atoms with Crippen LogP contribution in [0.25, 0.3) is 5.65 Å². The highest BCUT2D eigenvalue weighted by Crippen LogP contribution is 2.25. The number of hydrogen-bond acceptors (Lipinski definition) is 4. The first-order valence-corrected chi connectivity index (χ1v) is 8.41. The number of para-hydroxylation sites is 1. The predicted octanol–water partition coefficient (Wildman–Crippen LogP) is 3.26. The summed E-state index contributed by atoms with van der Waals surface area (Å²) in [5, 5.41) is 8.78. The van der Waals surface area contributed by atoms with Crippen LogP contribution in [0.2, 0.25) is 0 Å². The summed E-state index contributed by atoms with van der Waals surface area (Å²) in [4.78, 5) is 14.6. The molecule has 3 aromatic rings. The van der Waals surface area contributed by atoms with E-state index in [9.17, 15) is 4.79 Å². The van der Waals surface area contributed by atoms with Gasteiger partial charge >= 0.3 is 0 Å². The van der Waals surface area contributed by atoms with Gasteiger partial charge in [0.2, 0.25) is 5.91 Å². The van der Waals surface area contributed by atoms with Crippen LogP contribution in [-0.4, -0.2) is 32.3 Å². The van der Waals surface area contributed by atoms with Crippen molar-refractivity contribution in [1.82, 2.24) is 14.6 Å². The number of carbonyl (C=O) groups is 1. The second-order valence-corrected chi connectivity index (χ2v) is 6.40. The number of amides is 1. The van der Waals surface area contributed by atoms with E-state index in [-0.39, 0.29) is 11.2 Å². The molecule has 0 bridgehead atoms. The number of aromatic nitrogens is 3. The second-order valence-electron chi connectivity index (χ2n) is 5.09. The zero-order valence-electron chi connectivity index (χ0n) is 13.1. The van der Waals surface area contributed by atoms with Crippen LogP contribution in [0, 0.1) is 0 Å². The Morgan fingerprint density at radius 1 is 1.17 bits per heavy atom. The van der Waals surface area contributed by atoms with E-state index >= 15 is 0 Å². The maximum atomic E-state index is 12.8. The summed E-state index contributed by atoms with van der Waals surface area (Å²) in [7, 11) is 0. The van der Waals surface area contributed by atoms with Crippen LogP contribution in [0.5, 0.6) is 0 Å². The monoisotopic (exact) mass is 326 g/mol. The normalized spacial score (nSPS) is 12.3. The third-order valence-corrected chi connectivity index (χ3v) is 4.61. The van der Waals surface area contributed by atoms with Crippen molar-refractivity contribution in [3.05, 3.63) is 54.7 Å². The fourth-order valence-electron chi connectivity index (χ4n) is 2.40. The number of pyridine rings is 1. The molecule has 1 atom stereocenters. The van der Waals surface area contributed by atoms with Crippen molar-refractivity contribution < 1.29 is 4.79 Å². The Morgan fingerprint density at radius 2 is 1.91 bits per heavy atom. The first-order valence-electron chi connectivity index (χ1n) is 7.53. The molecule has 0 spiro atoms. The second kappa shape index (κ2) is 6.83. The molecule has 0 saturated carbocycles. The van der Waals surface area contributed by atoms with Gasteiger partial charge in [-0.15, -0.1) is 10.2 Å². The Morgan fingerprint density at radius 3 is 2.65 bits per heavy atom. The quantitative estimate of drug-likeness (QED) is 0.675. The van der Waals surface area contributed by atoms with Gasteiger partial charge in [0.1, 0.15) is 0 Å². The highest BCUT2D eigenvalue weighted by Gasteiger charge is 2.23. The van der Waals surface area contributed by atoms with E-state index in [1.807, 2.05) is 73.0 Å². The van der Waals surface area contributed by atoms with Gasteiger partial charge in [0.05, 0.1) is 5.25 Å². The van der Waals surface area contributed by atoms with Crippen LogP contribution in [0.4, 0.5) is 5.69 Å². The van der Waals surface area contributed by atoms with Crippen LogP contribution in [0.15, 0.2) is 59.9 Å². The molecule has 0 aliphatic heterocycles. The number of nitrogens with zero attached hydrogens (tertiary/aromatic N) is 4. The number of benzene rings is 1. The molecule has 2 heterocycles. The molecule has 0 fully saturated rings. The lowest BCUT2D eigenvalue weighted by Crippen LogP contribution is -2.36. The van der Waals surface area contributed by atoms with Crippen molar-refractivity contribution >= 4 is 29.0 Å². The Bertz CT molecular complexity index is 802. The summed E-state index contributed by atoms with van der Waals surface area (Å²) in [5.41, 5.74) is 1.70. The van der Waals surface area contributed by atoms with E-state index in [1.54, 1.807) is 4.90 Å². The molecule has 2 aromatic heterocycles. The molecule has 0 aliphatic carbocycles. The SMILES string of the molecule is CCN(C(=O)[C@@H](C)Sc1nnc2ccccn12)c1ccccc1. The lowest BCUT2D eigenvalue weighted by Gasteiger charge is -2.23. The van der Waals surface area contributed by atoms with Crippen molar-refractivity contribution in [3.63, 3.8) is 0 Å². The molecule has 0 radical (unpaired) electrons. The van der Waals surface area contributed by atoms with Crippen LogP contribution < -0.4 is 4.90 Å². The summed E-state index contributed by atoms with van der Waals surface area (Å²) in [6.45, 7) is 4.52. The molecule has 3 rings (SSSR count). The molecule has 1 amide bonds. The van der Waals surface area contributed by atoms with Gasteiger partial charge in [-0.25, -0.2) is 0 Å². The van der Waals surface area contributed by atoms with Crippen LogP contribution in [0.3, 0.4) is 0 Å². The van der Waals surface area contributed by atoms with Crippen LogP contribution >= 0.6 is 11.8 Å². The highest BCUT2D eigenvalue weighted by molar-refractivity contribution is 8.00. The van der Waals surface area contributed by atoms with Gasteiger partial charge in [0.15, 0.2) is 10.8 Å². The first kappa shape index (κ1) is 15.6. The number of fused-ring (bicyclic) bond motifs is 1. The average molecular weight is 326 g/mol. The predicted molar refractivity (Wildman–Crippen MR) is 92.8 cm³/mol. The minimum absolute atomic E-state index is 0.0661. The molecule has 0 unspecified atom stereocenters. The van der Waals surface area contributed by atoms with E-state index < -0.39 is 0 Å². The topological polar surface area (TPSA) is 50.5 Å². The van der Waals surface area contributed by atoms with Gasteiger partial charge in [-0.3, -0.25) is 9.20 Å². The van der Waals surface area contributed by atoms with Crippen molar-refractivity contribution in [2.45, 2.75) is 24.3 Å². The number of hydrogen-bond donors (Lipinski definition) is 0. The lowest BCUT2D eigenvalue weighted by molar-refractivity contribution is -0.117. The zero-order chi connectivity index (χ0) is 16.2. The number of carbonyl (C=O) groups excluding carboxylic acids is 1. The largest absolute Gasteiger partial charge is 0.312 e. The molecule has 5 nitrogen and oxygen atoms in total. The standard InChI is InChI=1S/C17H18N4OS/c1-3-20(14-9-5-4-6-10-14)16(22)13(2)23-17-19-18-15-11-7-8-12-21(15)17/h4-13H,3H2,1-2H3/t13-/m1/s1. The molecule has 1 aromatic carbocycles. The molecule has 0 saturated heterocycles. The minimum Gasteiger partial charge on any atom is -0.312 e. The van der Waals surface area contributed by atoms with Gasteiger partial charge in [-0.1, -0.05) is 36.0 Å². The van der Waals surface area contributed by atoms with E-state index in [0.717, 1.165) is 16.5 Å². The Balaban J connectivity index is 1.79. The fraction of sp³-hybridized carbons (Fsp3) is 0.235. The number of thioether (sulfide) groups is 1. The minimum atomic E-state index is -0.247. The number of rotatable bonds is 5. The Hall–Kier alpha value is -2.34. The van der Waals surface area contributed by atoms with Crippen molar-refractivity contribution in [3.8, 4) is 0 Å². The van der Waals surface area contributed by atoms with Crippen molar-refractivity contribution in [2.75, 3.05) is 11.4 Å². The van der Waals surface area contributed by atoms with Crippen LogP contribution in [-0.2, 0) is 4.79 Å². The summed E-state index contributed by atoms with van der Waals surface area (Å²) in [6, 6.07) is 15.5. The summed E-state index contributed by atoms with van der Waals surface area (Å²) in [6.07, 6.45) is 1.91. The van der Waals surface area contributed by atoms with Gasteiger partial charge in [0.25, 0.3) is 0 Å². The molecular formula is C17H18N4OS. The molecule has 6 heteroatoms. The molecule has 0 aliphatic rings. The Labute approximate surface area is 139 Å². The maximum absolute atomic E-state index is 12.8. The molecule has 118 valence electrons. The average Bonchev–Trinajstić information content (AvgIpc) is 2.99. The first-order chi connectivity index (χ1) is 11.2. The molecule has 23 heavy (non-hydrogen) atoms. The summed E-state index contributed by atoms with van der Waals surface area (Å²) in [5.74, 6) is 0.0661. The molecular weight excluding hydrogens is 308 g/mol. The smallest absolute Gasteiger partial charge is 0.240 e. The van der Waals surface area contributed by atoms with Crippen LogP contribution in [0.1, 0.15) is 13.8 Å². The number of anilines is 1. The van der Waals surface area contributed by atoms with Gasteiger partial charge in [-0.2, -0.15) is 0 Å². The van der Waals surface area contributed by atoms with Crippen molar-refractivity contribution in [2.24, 2.45) is 0 Å². The van der Waals surface area contributed by atoms with Crippen molar-refractivity contribution in [1.29, 1.82) is 0 Å². The lowest BCUT2D eigenvalue weighted by atomic mass is 10.2. The van der Waals surface area contributed by atoms with E-state index in [1.165, 1.54) is 11.8 Å². The van der Waals surface area contributed by atoms with Gasteiger partial charge < -0.3 is 4.90 Å². The third kappa shape index (κ3) is 3.22. The van der Waals surface area contributed by atoms with E-state index in [4.69, 9.17) is 0 Å². The highest BCUT2D eigenvalue weighted by atomic mass is 32.2. The fourth-order valence-corrected chi connectivity index (χ4v) is 3.30. The third-order valence-electron chi connectivity index (χ3n) is 3.56. The van der Waals surface area contributed by atoms with E-state index in [2.05, 4.69) is 10.2 Å². The summed E-state index contributed by atoms with van der Waals surface area (Å²) >= 11 is 1.42. The maximum Gasteiger partial charge on any atom is 0.240 e. The van der Waals surface area contributed by atoms with Gasteiger partial charge in [0, 0.05) is 18.4 Å². The summed E-state index contributed by atoms with van der Waals surface area (Å²) < 4.78 is 1.90. The molecule has 0 N–H and O–H groups in total. The Kier molecular flexibility index (Phi) is 4.62.